The van der Waals surface area contributed by atoms with Crippen LogP contribution in [0, 0.1) is 0 Å². The minimum atomic E-state index is -0.340. The molecule has 0 saturated heterocycles. The fraction of sp³-hybridized carbons (Fsp3) is 0.200. The number of benzene rings is 4. The molecule has 35 heavy (non-hydrogen) atoms. The number of carbonyl (C=O) groups excluding carboxylic acids is 1. The largest absolute Gasteiger partial charge is 0.493 e. The van der Waals surface area contributed by atoms with Crippen molar-refractivity contribution in [2.75, 3.05) is 13.2 Å². The van der Waals surface area contributed by atoms with Crippen molar-refractivity contribution in [3.63, 3.8) is 0 Å². The maximum Gasteiger partial charge on any atom is 0.277 e. The van der Waals surface area contributed by atoms with Crippen LogP contribution in [-0.4, -0.2) is 25.3 Å². The summed E-state index contributed by atoms with van der Waals surface area (Å²) < 4.78 is 11.4. The van der Waals surface area contributed by atoms with Crippen LogP contribution in [0.1, 0.15) is 37.5 Å². The number of hydrazone groups is 1. The minimum Gasteiger partial charge on any atom is -0.493 e. The molecule has 0 aliphatic heterocycles. The van der Waals surface area contributed by atoms with Gasteiger partial charge in [0.2, 0.25) is 0 Å². The van der Waals surface area contributed by atoms with E-state index >= 15 is 0 Å². The Morgan fingerprint density at radius 3 is 2.29 bits per heavy atom. The molecule has 0 unspecified atom stereocenters. The van der Waals surface area contributed by atoms with Gasteiger partial charge in [-0.25, -0.2) is 5.43 Å². The Kier molecular flexibility index (Phi) is 7.46. The number of hydrogen-bond acceptors (Lipinski definition) is 4. The second-order valence-corrected chi connectivity index (χ2v) is 8.73. The van der Waals surface area contributed by atoms with Crippen molar-refractivity contribution in [1.82, 2.24) is 5.43 Å². The van der Waals surface area contributed by atoms with E-state index in [0.717, 1.165) is 22.1 Å². The third-order valence-corrected chi connectivity index (χ3v) is 6.05. The maximum atomic E-state index is 12.3. The number of carbonyl (C=O) groups is 1. The summed E-state index contributed by atoms with van der Waals surface area (Å²) in [6.45, 7) is 6.73. The average molecular weight is 467 g/mol. The Morgan fingerprint density at radius 2 is 1.54 bits per heavy atom. The van der Waals surface area contributed by atoms with Gasteiger partial charge in [0.05, 0.1) is 12.8 Å². The molecule has 0 heterocycles. The average Bonchev–Trinajstić information content (AvgIpc) is 2.89. The lowest BCUT2D eigenvalue weighted by atomic mass is 9.78. The molecule has 5 nitrogen and oxygen atoms in total. The van der Waals surface area contributed by atoms with Gasteiger partial charge in [0.25, 0.3) is 5.91 Å². The van der Waals surface area contributed by atoms with Crippen molar-refractivity contribution in [3.8, 4) is 11.5 Å². The summed E-state index contributed by atoms with van der Waals surface area (Å²) in [5.41, 5.74) is 5.65. The zero-order valence-corrected chi connectivity index (χ0v) is 20.3. The first kappa shape index (κ1) is 24.0. The van der Waals surface area contributed by atoms with E-state index in [9.17, 15) is 4.79 Å². The highest BCUT2D eigenvalue weighted by atomic mass is 16.5. The molecule has 0 fully saturated rings. The van der Waals surface area contributed by atoms with Crippen molar-refractivity contribution in [3.05, 3.63) is 108 Å². The summed E-state index contributed by atoms with van der Waals surface area (Å²) in [5, 5.41) is 6.22. The van der Waals surface area contributed by atoms with Crippen molar-refractivity contribution < 1.29 is 14.3 Å². The van der Waals surface area contributed by atoms with Crippen LogP contribution in [-0.2, 0) is 10.2 Å². The fourth-order valence-corrected chi connectivity index (χ4v) is 4.03. The molecule has 0 atom stereocenters. The molecule has 0 saturated carbocycles. The molecule has 4 aromatic rings. The zero-order valence-electron chi connectivity index (χ0n) is 20.3. The van der Waals surface area contributed by atoms with E-state index in [0.29, 0.717) is 12.4 Å². The minimum absolute atomic E-state index is 0.131. The molecule has 0 aliphatic carbocycles. The third-order valence-electron chi connectivity index (χ3n) is 6.05. The van der Waals surface area contributed by atoms with Gasteiger partial charge in [-0.05, 0) is 47.0 Å². The van der Waals surface area contributed by atoms with Gasteiger partial charge in [-0.15, -0.1) is 0 Å². The number of fused-ring (bicyclic) bond motifs is 1. The SMILES string of the molecule is CCOc1ccc2ccccc2c1/C=N\NC(=O)COc1ccc(C(C)(C)c2ccccc2)cc1. The molecule has 178 valence electrons. The molecular formula is C30H30N2O3. The van der Waals surface area contributed by atoms with Crippen molar-refractivity contribution in [1.29, 1.82) is 0 Å². The smallest absolute Gasteiger partial charge is 0.277 e. The number of nitrogens with zero attached hydrogens (tertiary/aromatic N) is 1. The summed E-state index contributed by atoms with van der Waals surface area (Å²) in [6.07, 6.45) is 1.62. The normalized spacial score (nSPS) is 11.5. The lowest BCUT2D eigenvalue weighted by Crippen LogP contribution is -2.24. The lowest BCUT2D eigenvalue weighted by Gasteiger charge is -2.26. The summed E-state index contributed by atoms with van der Waals surface area (Å²) in [5.74, 6) is 1.01. The number of nitrogens with one attached hydrogen (secondary N) is 1. The zero-order chi connectivity index (χ0) is 24.7. The Hall–Kier alpha value is -4.12. The van der Waals surface area contributed by atoms with E-state index in [-0.39, 0.29) is 17.9 Å². The van der Waals surface area contributed by atoms with Crippen molar-refractivity contribution in [2.24, 2.45) is 5.10 Å². The topological polar surface area (TPSA) is 59.9 Å². The first-order valence-electron chi connectivity index (χ1n) is 11.7. The van der Waals surface area contributed by atoms with Crippen LogP contribution in [0.15, 0.2) is 96.1 Å². The Balaban J connectivity index is 1.37. The predicted molar refractivity (Wildman–Crippen MR) is 141 cm³/mol. The number of rotatable bonds is 9. The monoisotopic (exact) mass is 466 g/mol. The van der Waals surface area contributed by atoms with Gasteiger partial charge in [0.15, 0.2) is 6.61 Å². The number of amides is 1. The van der Waals surface area contributed by atoms with Gasteiger partial charge in [-0.3, -0.25) is 4.79 Å². The quantitative estimate of drug-likeness (QED) is 0.240. The first-order valence-corrected chi connectivity index (χ1v) is 11.7. The van der Waals surface area contributed by atoms with Crippen LogP contribution in [0.5, 0.6) is 11.5 Å². The molecule has 5 heteroatoms. The van der Waals surface area contributed by atoms with E-state index in [2.05, 4.69) is 36.5 Å². The van der Waals surface area contributed by atoms with E-state index in [4.69, 9.17) is 9.47 Å². The van der Waals surface area contributed by atoms with Gasteiger partial charge in [0, 0.05) is 11.0 Å². The van der Waals surface area contributed by atoms with Gasteiger partial charge in [0.1, 0.15) is 11.5 Å². The van der Waals surface area contributed by atoms with Crippen LogP contribution in [0.3, 0.4) is 0 Å². The van der Waals surface area contributed by atoms with Crippen LogP contribution >= 0.6 is 0 Å². The second-order valence-electron chi connectivity index (χ2n) is 8.73. The molecular weight excluding hydrogens is 436 g/mol. The first-order chi connectivity index (χ1) is 17.0. The number of ether oxygens (including phenoxy) is 2. The summed E-state index contributed by atoms with van der Waals surface area (Å²) in [4.78, 5) is 12.3. The molecule has 0 bridgehead atoms. The van der Waals surface area contributed by atoms with E-state index in [1.54, 1.807) is 6.21 Å². The van der Waals surface area contributed by atoms with Crippen LogP contribution in [0.2, 0.25) is 0 Å². The Labute approximate surface area is 206 Å². The molecule has 0 aliphatic rings. The van der Waals surface area contributed by atoms with Crippen LogP contribution in [0.4, 0.5) is 0 Å². The van der Waals surface area contributed by atoms with Crippen molar-refractivity contribution >= 4 is 22.9 Å². The summed E-state index contributed by atoms with van der Waals surface area (Å²) in [7, 11) is 0. The maximum absolute atomic E-state index is 12.3. The molecule has 4 aromatic carbocycles. The van der Waals surface area contributed by atoms with Crippen molar-refractivity contribution in [2.45, 2.75) is 26.2 Å². The molecule has 0 radical (unpaired) electrons. The molecule has 1 N–H and O–H groups in total. The third kappa shape index (κ3) is 5.69. The Bertz CT molecular complexity index is 1310. The highest BCUT2D eigenvalue weighted by molar-refractivity contribution is 6.02. The summed E-state index contributed by atoms with van der Waals surface area (Å²) in [6, 6.07) is 30.1. The lowest BCUT2D eigenvalue weighted by molar-refractivity contribution is -0.123. The number of hydrogen-bond donors (Lipinski definition) is 1. The second kappa shape index (κ2) is 10.9. The molecule has 0 spiro atoms. The van der Waals surface area contributed by atoms with Gasteiger partial charge < -0.3 is 9.47 Å². The fourth-order valence-electron chi connectivity index (χ4n) is 4.03. The molecule has 0 aromatic heterocycles. The predicted octanol–water partition coefficient (Wildman–Crippen LogP) is 6.09. The van der Waals surface area contributed by atoms with Gasteiger partial charge in [-0.1, -0.05) is 86.6 Å². The highest BCUT2D eigenvalue weighted by Gasteiger charge is 2.22. The van der Waals surface area contributed by atoms with E-state index in [1.165, 1.54) is 11.1 Å². The highest BCUT2D eigenvalue weighted by Crippen LogP contribution is 2.32. The van der Waals surface area contributed by atoms with Crippen LogP contribution < -0.4 is 14.9 Å². The van der Waals surface area contributed by atoms with Crippen LogP contribution in [0.25, 0.3) is 10.8 Å². The standard InChI is InChI=1S/C30H30N2O3/c1-4-34-28-19-14-22-10-8-9-13-26(22)27(28)20-31-32-29(33)21-35-25-17-15-24(16-18-25)30(2,3)23-11-6-5-7-12-23/h5-20H,4,21H2,1-3H3,(H,32,33)/b31-20-. The summed E-state index contributed by atoms with van der Waals surface area (Å²) >= 11 is 0. The van der Waals surface area contributed by atoms with E-state index in [1.807, 2.05) is 85.8 Å². The van der Waals surface area contributed by atoms with Gasteiger partial charge in [-0.2, -0.15) is 5.10 Å². The van der Waals surface area contributed by atoms with Gasteiger partial charge >= 0.3 is 0 Å². The Morgan fingerprint density at radius 1 is 0.857 bits per heavy atom. The molecule has 4 rings (SSSR count). The van der Waals surface area contributed by atoms with E-state index < -0.39 is 0 Å². The molecule has 1 amide bonds.